The standard InChI is InChI=1S/C25H30N4O4/c1-28(15-18-11-12-21(31-2)22(14-18)32-3)25(30)20-10-7-13-29(16-20)17-23-26-24(27-33-23)19-8-5-4-6-9-19/h4-6,8-9,11-12,14,20H,7,10,13,15-17H2,1-3H3. The molecule has 1 amide bonds. The van der Waals surface area contributed by atoms with E-state index < -0.39 is 0 Å². The lowest BCUT2D eigenvalue weighted by Crippen LogP contribution is -2.43. The summed E-state index contributed by atoms with van der Waals surface area (Å²) in [6.45, 7) is 2.65. The minimum atomic E-state index is -0.0552. The van der Waals surface area contributed by atoms with Crippen LogP contribution in [0.2, 0.25) is 0 Å². The van der Waals surface area contributed by atoms with Crippen molar-refractivity contribution in [1.29, 1.82) is 0 Å². The van der Waals surface area contributed by atoms with Crippen LogP contribution in [0.25, 0.3) is 11.4 Å². The van der Waals surface area contributed by atoms with Crippen molar-refractivity contribution in [3.8, 4) is 22.9 Å². The third-order valence-corrected chi connectivity index (χ3v) is 5.96. The van der Waals surface area contributed by atoms with Gasteiger partial charge in [-0.05, 0) is 37.1 Å². The Morgan fingerprint density at radius 1 is 1.15 bits per heavy atom. The largest absolute Gasteiger partial charge is 0.493 e. The summed E-state index contributed by atoms with van der Waals surface area (Å²) in [4.78, 5) is 21.7. The number of ether oxygens (including phenoxy) is 2. The van der Waals surface area contributed by atoms with E-state index in [1.807, 2.05) is 55.6 Å². The van der Waals surface area contributed by atoms with Crippen molar-refractivity contribution in [2.75, 3.05) is 34.4 Å². The molecule has 3 aromatic rings. The highest BCUT2D eigenvalue weighted by Gasteiger charge is 2.29. The maximum Gasteiger partial charge on any atom is 0.241 e. The van der Waals surface area contributed by atoms with Gasteiger partial charge in [0.15, 0.2) is 11.5 Å². The Labute approximate surface area is 194 Å². The van der Waals surface area contributed by atoms with Crippen LogP contribution in [0.5, 0.6) is 11.5 Å². The summed E-state index contributed by atoms with van der Waals surface area (Å²) in [6.07, 6.45) is 1.84. The minimum absolute atomic E-state index is 0.0552. The van der Waals surface area contributed by atoms with Crippen LogP contribution >= 0.6 is 0 Å². The fraction of sp³-hybridized carbons (Fsp3) is 0.400. The van der Waals surface area contributed by atoms with Crippen molar-refractivity contribution in [3.05, 3.63) is 60.0 Å². The average molecular weight is 451 g/mol. The number of amides is 1. The van der Waals surface area contributed by atoms with E-state index in [4.69, 9.17) is 14.0 Å². The van der Waals surface area contributed by atoms with E-state index in [2.05, 4.69) is 15.0 Å². The number of aromatic nitrogens is 2. The molecule has 8 nitrogen and oxygen atoms in total. The van der Waals surface area contributed by atoms with Gasteiger partial charge >= 0.3 is 0 Å². The van der Waals surface area contributed by atoms with E-state index >= 15 is 0 Å². The lowest BCUT2D eigenvalue weighted by atomic mass is 9.96. The molecule has 1 aliphatic heterocycles. The molecule has 8 heteroatoms. The number of nitrogens with zero attached hydrogens (tertiary/aromatic N) is 4. The van der Waals surface area contributed by atoms with Gasteiger partial charge in [0, 0.05) is 25.7 Å². The normalized spacial score (nSPS) is 16.4. The highest BCUT2D eigenvalue weighted by Crippen LogP contribution is 2.28. The number of piperidine rings is 1. The lowest BCUT2D eigenvalue weighted by Gasteiger charge is -2.33. The highest BCUT2D eigenvalue weighted by atomic mass is 16.5. The van der Waals surface area contributed by atoms with Gasteiger partial charge in [0.05, 0.1) is 26.7 Å². The Morgan fingerprint density at radius 2 is 1.94 bits per heavy atom. The first kappa shape index (κ1) is 22.8. The van der Waals surface area contributed by atoms with E-state index in [9.17, 15) is 4.79 Å². The predicted molar refractivity (Wildman–Crippen MR) is 124 cm³/mol. The second-order valence-electron chi connectivity index (χ2n) is 8.34. The van der Waals surface area contributed by atoms with Crippen molar-refractivity contribution >= 4 is 5.91 Å². The molecule has 0 bridgehead atoms. The van der Waals surface area contributed by atoms with E-state index in [0.29, 0.717) is 42.8 Å². The van der Waals surface area contributed by atoms with Crippen LogP contribution in [0.15, 0.2) is 53.1 Å². The van der Waals surface area contributed by atoms with Gasteiger partial charge in [-0.2, -0.15) is 4.98 Å². The minimum Gasteiger partial charge on any atom is -0.493 e. The van der Waals surface area contributed by atoms with Gasteiger partial charge in [0.1, 0.15) is 0 Å². The van der Waals surface area contributed by atoms with Crippen molar-refractivity contribution in [1.82, 2.24) is 19.9 Å². The number of likely N-dealkylation sites (tertiary alicyclic amines) is 1. The Morgan fingerprint density at radius 3 is 2.70 bits per heavy atom. The smallest absolute Gasteiger partial charge is 0.241 e. The zero-order chi connectivity index (χ0) is 23.2. The van der Waals surface area contributed by atoms with E-state index in [1.165, 1.54) is 0 Å². The topological polar surface area (TPSA) is 80.9 Å². The number of hydrogen-bond donors (Lipinski definition) is 0. The van der Waals surface area contributed by atoms with Crippen LogP contribution in [0.3, 0.4) is 0 Å². The first-order valence-corrected chi connectivity index (χ1v) is 11.1. The fourth-order valence-electron chi connectivity index (χ4n) is 4.26. The quantitative estimate of drug-likeness (QED) is 0.518. The third kappa shape index (κ3) is 5.51. The number of benzene rings is 2. The summed E-state index contributed by atoms with van der Waals surface area (Å²) in [7, 11) is 5.07. The predicted octanol–water partition coefficient (Wildman–Crippen LogP) is 3.62. The molecule has 2 aromatic carbocycles. The van der Waals surface area contributed by atoms with Crippen molar-refractivity contribution in [3.63, 3.8) is 0 Å². The van der Waals surface area contributed by atoms with Gasteiger partial charge in [-0.15, -0.1) is 0 Å². The van der Waals surface area contributed by atoms with E-state index in [1.54, 1.807) is 19.1 Å². The molecular weight excluding hydrogens is 420 g/mol. The summed E-state index contributed by atoms with van der Waals surface area (Å²) < 4.78 is 16.1. The summed E-state index contributed by atoms with van der Waals surface area (Å²) in [5.74, 6) is 2.58. The Hall–Kier alpha value is -3.39. The van der Waals surface area contributed by atoms with Gasteiger partial charge in [0.25, 0.3) is 0 Å². The molecule has 1 unspecified atom stereocenters. The highest BCUT2D eigenvalue weighted by molar-refractivity contribution is 5.79. The lowest BCUT2D eigenvalue weighted by molar-refractivity contribution is -0.136. The monoisotopic (exact) mass is 450 g/mol. The summed E-state index contributed by atoms with van der Waals surface area (Å²) >= 11 is 0. The molecule has 174 valence electrons. The van der Waals surface area contributed by atoms with E-state index in [0.717, 1.165) is 30.5 Å². The fourth-order valence-corrected chi connectivity index (χ4v) is 4.26. The Balaban J connectivity index is 1.35. The number of hydrogen-bond acceptors (Lipinski definition) is 7. The van der Waals surface area contributed by atoms with Gasteiger partial charge in [-0.25, -0.2) is 0 Å². The van der Waals surface area contributed by atoms with Crippen molar-refractivity contribution in [2.24, 2.45) is 5.92 Å². The molecule has 1 fully saturated rings. The van der Waals surface area contributed by atoms with Crippen molar-refractivity contribution < 1.29 is 18.8 Å². The van der Waals surface area contributed by atoms with Crippen LogP contribution in [0.1, 0.15) is 24.3 Å². The molecule has 0 spiro atoms. The molecule has 1 saturated heterocycles. The van der Waals surface area contributed by atoms with Gasteiger partial charge < -0.3 is 18.9 Å². The molecule has 2 heterocycles. The second kappa shape index (κ2) is 10.5. The molecule has 0 aliphatic carbocycles. The molecular formula is C25H30N4O4. The van der Waals surface area contributed by atoms with Gasteiger partial charge in [-0.1, -0.05) is 41.6 Å². The molecule has 0 N–H and O–H groups in total. The Bertz CT molecular complexity index is 1070. The van der Waals surface area contributed by atoms with Gasteiger partial charge in [-0.3, -0.25) is 9.69 Å². The zero-order valence-corrected chi connectivity index (χ0v) is 19.4. The number of rotatable bonds is 8. The molecule has 1 atom stereocenters. The second-order valence-corrected chi connectivity index (χ2v) is 8.34. The number of methoxy groups -OCH3 is 2. The first-order chi connectivity index (χ1) is 16.1. The maximum atomic E-state index is 13.2. The third-order valence-electron chi connectivity index (χ3n) is 5.96. The molecule has 0 saturated carbocycles. The molecule has 1 aliphatic rings. The number of carbonyl (C=O) groups is 1. The maximum absolute atomic E-state index is 13.2. The summed E-state index contributed by atoms with van der Waals surface area (Å²) in [6, 6.07) is 15.5. The molecule has 0 radical (unpaired) electrons. The first-order valence-electron chi connectivity index (χ1n) is 11.1. The SMILES string of the molecule is COc1ccc(CN(C)C(=O)C2CCCN(Cc3nc(-c4ccccc4)no3)C2)cc1OC. The van der Waals surface area contributed by atoms with Crippen LogP contribution in [-0.2, 0) is 17.9 Å². The summed E-state index contributed by atoms with van der Waals surface area (Å²) in [5.41, 5.74) is 1.92. The van der Waals surface area contributed by atoms with Crippen LogP contribution < -0.4 is 9.47 Å². The summed E-state index contributed by atoms with van der Waals surface area (Å²) in [5, 5.41) is 4.10. The van der Waals surface area contributed by atoms with Crippen LogP contribution in [0.4, 0.5) is 0 Å². The van der Waals surface area contributed by atoms with E-state index in [-0.39, 0.29) is 11.8 Å². The molecule has 4 rings (SSSR count). The van der Waals surface area contributed by atoms with Crippen LogP contribution in [-0.4, -0.2) is 60.2 Å². The zero-order valence-electron chi connectivity index (χ0n) is 19.4. The molecule has 1 aromatic heterocycles. The van der Waals surface area contributed by atoms with Gasteiger partial charge in [0.2, 0.25) is 17.6 Å². The average Bonchev–Trinajstić information content (AvgIpc) is 3.32. The molecule has 33 heavy (non-hydrogen) atoms. The number of carbonyl (C=O) groups excluding carboxylic acids is 1. The van der Waals surface area contributed by atoms with Crippen molar-refractivity contribution in [2.45, 2.75) is 25.9 Å². The van der Waals surface area contributed by atoms with Crippen LogP contribution in [0, 0.1) is 5.92 Å². The Kier molecular flexibility index (Phi) is 7.24.